The van der Waals surface area contributed by atoms with Gasteiger partial charge in [0.15, 0.2) is 5.78 Å². The van der Waals surface area contributed by atoms with Crippen LogP contribution in [0.1, 0.15) is 6.92 Å². The van der Waals surface area contributed by atoms with Crippen molar-refractivity contribution < 1.29 is 4.79 Å². The van der Waals surface area contributed by atoms with Crippen LogP contribution in [0.3, 0.4) is 0 Å². The molecule has 0 saturated carbocycles. The zero-order valence-corrected chi connectivity index (χ0v) is 6.71. The number of hydrogen-bond acceptors (Lipinski definition) is 1. The summed E-state index contributed by atoms with van der Waals surface area (Å²) in [5.74, 6) is -0.0643. The van der Waals surface area contributed by atoms with E-state index in [-0.39, 0.29) is 5.78 Å². The molecular formula is C10H12O. The van der Waals surface area contributed by atoms with E-state index < -0.39 is 0 Å². The second-order valence-electron chi connectivity index (χ2n) is 1.91. The van der Waals surface area contributed by atoms with Crippen LogP contribution in [0.25, 0.3) is 0 Å². The van der Waals surface area contributed by atoms with Gasteiger partial charge in [-0.2, -0.15) is 0 Å². The Balaban J connectivity index is 4.43. The molecule has 1 nitrogen and oxygen atoms in total. The van der Waals surface area contributed by atoms with E-state index in [1.54, 1.807) is 24.3 Å². The van der Waals surface area contributed by atoms with Gasteiger partial charge in [-0.15, -0.1) is 0 Å². The zero-order chi connectivity index (χ0) is 8.69. The van der Waals surface area contributed by atoms with Crippen LogP contribution in [0.15, 0.2) is 49.1 Å². The summed E-state index contributed by atoms with van der Waals surface area (Å²) >= 11 is 0. The molecule has 0 aliphatic rings. The molecule has 11 heavy (non-hydrogen) atoms. The fourth-order valence-electron chi connectivity index (χ4n) is 0.610. The lowest BCUT2D eigenvalue weighted by molar-refractivity contribution is -0.111. The molecule has 0 aromatic carbocycles. The maximum atomic E-state index is 11.0. The van der Waals surface area contributed by atoms with E-state index in [4.69, 9.17) is 0 Å². The number of rotatable bonds is 4. The minimum Gasteiger partial charge on any atom is -0.289 e. The van der Waals surface area contributed by atoms with Crippen LogP contribution < -0.4 is 0 Å². The molecule has 0 aromatic heterocycles. The number of carbonyl (C=O) groups excluding carboxylic acids is 1. The molecule has 0 atom stereocenters. The molecule has 1 heteroatoms. The van der Waals surface area contributed by atoms with Gasteiger partial charge in [-0.1, -0.05) is 37.5 Å². The molecule has 0 heterocycles. The monoisotopic (exact) mass is 148 g/mol. The van der Waals surface area contributed by atoms with Crippen molar-refractivity contribution in [2.45, 2.75) is 6.92 Å². The smallest absolute Gasteiger partial charge is 0.184 e. The molecule has 0 aromatic rings. The normalized spacial score (nSPS) is 11.5. The molecule has 0 fully saturated rings. The lowest BCUT2D eigenvalue weighted by Gasteiger charge is -1.91. The van der Waals surface area contributed by atoms with Crippen LogP contribution in [-0.2, 0) is 4.79 Å². The third-order valence-corrected chi connectivity index (χ3v) is 1.19. The van der Waals surface area contributed by atoms with Crippen molar-refractivity contribution in [2.24, 2.45) is 0 Å². The molecule has 0 radical (unpaired) electrons. The molecule has 0 aliphatic carbocycles. The van der Waals surface area contributed by atoms with Crippen molar-refractivity contribution in [3.05, 3.63) is 49.1 Å². The van der Waals surface area contributed by atoms with Crippen LogP contribution in [0.5, 0.6) is 0 Å². The first kappa shape index (κ1) is 9.63. The molecule has 0 bridgehead atoms. The first-order valence-corrected chi connectivity index (χ1v) is 3.38. The van der Waals surface area contributed by atoms with E-state index in [1.165, 1.54) is 6.08 Å². The Hall–Kier alpha value is -1.37. The summed E-state index contributed by atoms with van der Waals surface area (Å²) in [7, 11) is 0. The molecule has 0 amide bonds. The molecule has 0 aliphatic heterocycles. The standard InChI is InChI=1S/C10H12O/c1-4-7-8-9(5-2)10(11)6-3/h4-8H,1,3H2,2H3/b8-7-,9-5+. The Bertz CT molecular complexity index is 219. The summed E-state index contributed by atoms with van der Waals surface area (Å²) in [5.41, 5.74) is 0.639. The van der Waals surface area contributed by atoms with Gasteiger partial charge in [0.1, 0.15) is 0 Å². The van der Waals surface area contributed by atoms with Gasteiger partial charge in [-0.25, -0.2) is 0 Å². The third kappa shape index (κ3) is 3.36. The zero-order valence-electron chi connectivity index (χ0n) is 6.71. The predicted octanol–water partition coefficient (Wildman–Crippen LogP) is 2.43. The topological polar surface area (TPSA) is 17.1 Å². The predicted molar refractivity (Wildman–Crippen MR) is 48.3 cm³/mol. The highest BCUT2D eigenvalue weighted by Gasteiger charge is 1.97. The van der Waals surface area contributed by atoms with Crippen molar-refractivity contribution in [3.63, 3.8) is 0 Å². The average Bonchev–Trinajstić information content (AvgIpc) is 2.05. The third-order valence-electron chi connectivity index (χ3n) is 1.19. The number of allylic oxidation sites excluding steroid dienone is 6. The number of ketones is 1. The Morgan fingerprint density at radius 1 is 1.36 bits per heavy atom. The summed E-state index contributed by atoms with van der Waals surface area (Å²) in [6.07, 6.45) is 8.08. The van der Waals surface area contributed by atoms with Crippen molar-refractivity contribution in [1.82, 2.24) is 0 Å². The van der Waals surface area contributed by atoms with Crippen LogP contribution in [-0.4, -0.2) is 5.78 Å². The summed E-state index contributed by atoms with van der Waals surface area (Å²) in [5, 5.41) is 0. The SMILES string of the molecule is C=C/C=C\C(=C/C)C(=O)C=C. The fourth-order valence-corrected chi connectivity index (χ4v) is 0.610. The largest absolute Gasteiger partial charge is 0.289 e. The van der Waals surface area contributed by atoms with E-state index in [9.17, 15) is 4.79 Å². The molecule has 58 valence electrons. The quantitative estimate of drug-likeness (QED) is 0.442. The molecule has 0 saturated heterocycles. The molecule has 0 rings (SSSR count). The maximum Gasteiger partial charge on any atom is 0.184 e. The number of carbonyl (C=O) groups is 1. The van der Waals surface area contributed by atoms with Gasteiger partial charge in [0.05, 0.1) is 0 Å². The second-order valence-corrected chi connectivity index (χ2v) is 1.91. The molecular weight excluding hydrogens is 136 g/mol. The van der Waals surface area contributed by atoms with Gasteiger partial charge in [0.2, 0.25) is 0 Å². The van der Waals surface area contributed by atoms with Crippen molar-refractivity contribution in [3.8, 4) is 0 Å². The van der Waals surface area contributed by atoms with Crippen molar-refractivity contribution in [2.75, 3.05) is 0 Å². The van der Waals surface area contributed by atoms with Gasteiger partial charge in [-0.3, -0.25) is 4.79 Å². The van der Waals surface area contributed by atoms with Crippen LogP contribution in [0.2, 0.25) is 0 Å². The minimum atomic E-state index is -0.0643. The van der Waals surface area contributed by atoms with Crippen LogP contribution in [0, 0.1) is 0 Å². The summed E-state index contributed by atoms with van der Waals surface area (Å²) < 4.78 is 0. The van der Waals surface area contributed by atoms with Gasteiger partial charge in [-0.05, 0) is 13.0 Å². The Labute approximate surface area is 67.4 Å². The van der Waals surface area contributed by atoms with E-state index in [0.717, 1.165) is 0 Å². The Kier molecular flexibility index (Phi) is 4.74. The average molecular weight is 148 g/mol. The van der Waals surface area contributed by atoms with Gasteiger partial charge in [0.25, 0.3) is 0 Å². The van der Waals surface area contributed by atoms with Crippen LogP contribution >= 0.6 is 0 Å². The summed E-state index contributed by atoms with van der Waals surface area (Å²) in [6.45, 7) is 8.70. The number of hydrogen-bond donors (Lipinski definition) is 0. The molecule has 0 unspecified atom stereocenters. The minimum absolute atomic E-state index is 0.0643. The summed E-state index contributed by atoms with van der Waals surface area (Å²) in [6, 6.07) is 0. The van der Waals surface area contributed by atoms with E-state index in [1.807, 2.05) is 6.92 Å². The van der Waals surface area contributed by atoms with E-state index in [0.29, 0.717) is 5.57 Å². The van der Waals surface area contributed by atoms with Crippen molar-refractivity contribution in [1.29, 1.82) is 0 Å². The van der Waals surface area contributed by atoms with Crippen molar-refractivity contribution >= 4 is 5.78 Å². The fraction of sp³-hybridized carbons (Fsp3) is 0.100. The first-order valence-electron chi connectivity index (χ1n) is 3.38. The first-order chi connectivity index (χ1) is 5.26. The van der Waals surface area contributed by atoms with Gasteiger partial charge in [0, 0.05) is 5.57 Å². The van der Waals surface area contributed by atoms with Gasteiger partial charge >= 0.3 is 0 Å². The van der Waals surface area contributed by atoms with Gasteiger partial charge < -0.3 is 0 Å². The lowest BCUT2D eigenvalue weighted by Crippen LogP contribution is -1.93. The highest BCUT2D eigenvalue weighted by Crippen LogP contribution is 1.99. The highest BCUT2D eigenvalue weighted by atomic mass is 16.1. The Morgan fingerprint density at radius 2 is 2.00 bits per heavy atom. The molecule has 0 N–H and O–H groups in total. The Morgan fingerprint density at radius 3 is 2.36 bits per heavy atom. The maximum absolute atomic E-state index is 11.0. The highest BCUT2D eigenvalue weighted by molar-refractivity contribution is 6.05. The van der Waals surface area contributed by atoms with Crippen LogP contribution in [0.4, 0.5) is 0 Å². The van der Waals surface area contributed by atoms with E-state index >= 15 is 0 Å². The second kappa shape index (κ2) is 5.42. The summed E-state index contributed by atoms with van der Waals surface area (Å²) in [4.78, 5) is 11.0. The lowest BCUT2D eigenvalue weighted by atomic mass is 10.1. The van der Waals surface area contributed by atoms with E-state index in [2.05, 4.69) is 13.2 Å². The molecule has 0 spiro atoms.